The van der Waals surface area contributed by atoms with Crippen LogP contribution in [-0.2, 0) is 14.4 Å². The number of ether oxygens (including phenoxy) is 2. The first-order chi connectivity index (χ1) is 20.8. The summed E-state index contributed by atoms with van der Waals surface area (Å²) in [6.45, 7) is 16.9. The van der Waals surface area contributed by atoms with E-state index < -0.39 is 34.4 Å². The van der Waals surface area contributed by atoms with Crippen molar-refractivity contribution < 1.29 is 33.8 Å². The molecular formula is C35H51N3O7. The number of benzene rings is 2. The van der Waals surface area contributed by atoms with Crippen LogP contribution in [0, 0.1) is 10.8 Å². The largest absolute Gasteiger partial charge is 0.422 e. The summed E-state index contributed by atoms with van der Waals surface area (Å²) in [4.78, 5) is 52.6. The Morgan fingerprint density at radius 1 is 0.844 bits per heavy atom. The molecule has 2 aromatic rings. The highest BCUT2D eigenvalue weighted by atomic mass is 16.6. The molecule has 0 aromatic heterocycles. The van der Waals surface area contributed by atoms with Crippen LogP contribution in [0.25, 0.3) is 0 Å². The molecule has 0 radical (unpaired) electrons. The standard InChI is InChI=1S/C35H51N3O7/c1-10-11-19-38(30(41)24-15-13-12-14-16-24)22-29(40)36-23-35(8,9)37-21-26(39)25-17-18-27(44-31(42)33(2,3)4)28(20-25)45-32(43)34(5,6)7/h12-18,20,26,37,39H,10-11,19,21-23H2,1-9H3,(H,36,40). The topological polar surface area (TPSA) is 134 Å². The molecular weight excluding hydrogens is 574 g/mol. The predicted molar refractivity (Wildman–Crippen MR) is 174 cm³/mol. The Balaban J connectivity index is 2.06. The summed E-state index contributed by atoms with van der Waals surface area (Å²) in [6, 6.07) is 13.5. The summed E-state index contributed by atoms with van der Waals surface area (Å²) >= 11 is 0. The fourth-order valence-electron chi connectivity index (χ4n) is 3.87. The molecule has 1 atom stereocenters. The molecule has 0 aliphatic carbocycles. The number of carbonyl (C=O) groups is 4. The van der Waals surface area contributed by atoms with E-state index in [1.54, 1.807) is 76.8 Å². The van der Waals surface area contributed by atoms with E-state index >= 15 is 0 Å². The molecule has 0 aliphatic heterocycles. The number of aliphatic hydroxyl groups excluding tert-OH is 1. The second-order valence-electron chi connectivity index (χ2n) is 14.0. The minimum atomic E-state index is -1.01. The maximum atomic E-state index is 13.0. The van der Waals surface area contributed by atoms with Crippen LogP contribution in [0.4, 0.5) is 0 Å². The number of nitrogens with zero attached hydrogens (tertiary/aromatic N) is 1. The van der Waals surface area contributed by atoms with Gasteiger partial charge in [0.15, 0.2) is 11.5 Å². The summed E-state index contributed by atoms with van der Waals surface area (Å²) in [5.74, 6) is -1.36. The van der Waals surface area contributed by atoms with Gasteiger partial charge < -0.3 is 30.1 Å². The minimum absolute atomic E-state index is 0.0354. The molecule has 2 amide bonds. The van der Waals surface area contributed by atoms with E-state index in [0.29, 0.717) is 17.7 Å². The van der Waals surface area contributed by atoms with Crippen molar-refractivity contribution in [1.82, 2.24) is 15.5 Å². The van der Waals surface area contributed by atoms with Crippen LogP contribution in [0.1, 0.15) is 97.2 Å². The Morgan fingerprint density at radius 2 is 1.42 bits per heavy atom. The van der Waals surface area contributed by atoms with Crippen molar-refractivity contribution in [3.63, 3.8) is 0 Å². The van der Waals surface area contributed by atoms with Gasteiger partial charge in [-0.1, -0.05) is 37.6 Å². The first kappa shape index (κ1) is 37.4. The van der Waals surface area contributed by atoms with Gasteiger partial charge in [-0.15, -0.1) is 0 Å². The van der Waals surface area contributed by atoms with Gasteiger partial charge in [0.05, 0.1) is 23.5 Å². The molecule has 2 rings (SSSR count). The van der Waals surface area contributed by atoms with E-state index in [2.05, 4.69) is 10.6 Å². The maximum Gasteiger partial charge on any atom is 0.316 e. The van der Waals surface area contributed by atoms with E-state index in [-0.39, 0.29) is 42.9 Å². The SMILES string of the molecule is CCCCN(CC(=O)NCC(C)(C)NCC(O)c1ccc(OC(=O)C(C)(C)C)c(OC(=O)C(C)(C)C)c1)C(=O)c1ccccc1. The Kier molecular flexibility index (Phi) is 13.3. The average Bonchev–Trinajstić information content (AvgIpc) is 2.97. The van der Waals surface area contributed by atoms with Gasteiger partial charge in [0.2, 0.25) is 5.91 Å². The normalized spacial score (nSPS) is 12.7. The monoisotopic (exact) mass is 625 g/mol. The van der Waals surface area contributed by atoms with Crippen LogP contribution >= 0.6 is 0 Å². The van der Waals surface area contributed by atoms with Gasteiger partial charge in [-0.05, 0) is 91.6 Å². The molecule has 0 saturated heterocycles. The van der Waals surface area contributed by atoms with E-state index in [4.69, 9.17) is 9.47 Å². The molecule has 0 saturated carbocycles. The average molecular weight is 626 g/mol. The van der Waals surface area contributed by atoms with Gasteiger partial charge >= 0.3 is 11.9 Å². The molecule has 0 heterocycles. The first-order valence-corrected chi connectivity index (χ1v) is 15.5. The molecule has 248 valence electrons. The molecule has 10 heteroatoms. The molecule has 2 aromatic carbocycles. The van der Waals surface area contributed by atoms with E-state index in [1.807, 2.05) is 26.8 Å². The molecule has 10 nitrogen and oxygen atoms in total. The van der Waals surface area contributed by atoms with E-state index in [0.717, 1.165) is 12.8 Å². The van der Waals surface area contributed by atoms with Crippen LogP contribution in [0.2, 0.25) is 0 Å². The van der Waals surface area contributed by atoms with Gasteiger partial charge in [-0.2, -0.15) is 0 Å². The van der Waals surface area contributed by atoms with Crippen LogP contribution in [0.3, 0.4) is 0 Å². The summed E-state index contributed by atoms with van der Waals surface area (Å²) in [7, 11) is 0. The third kappa shape index (κ3) is 12.3. The molecule has 0 spiro atoms. The number of unbranched alkanes of at least 4 members (excludes halogenated alkanes) is 1. The molecule has 45 heavy (non-hydrogen) atoms. The summed E-state index contributed by atoms with van der Waals surface area (Å²) in [5, 5.41) is 17.2. The summed E-state index contributed by atoms with van der Waals surface area (Å²) < 4.78 is 11.1. The van der Waals surface area contributed by atoms with E-state index in [9.17, 15) is 24.3 Å². The van der Waals surface area contributed by atoms with E-state index in [1.165, 1.54) is 12.1 Å². The highest BCUT2D eigenvalue weighted by Gasteiger charge is 2.29. The van der Waals surface area contributed by atoms with Gasteiger partial charge in [0.25, 0.3) is 5.91 Å². The Hall–Kier alpha value is -3.76. The smallest absolute Gasteiger partial charge is 0.316 e. The molecule has 0 fully saturated rings. The number of rotatable bonds is 14. The maximum absolute atomic E-state index is 13.0. The molecule has 0 aliphatic rings. The quantitative estimate of drug-likeness (QED) is 0.196. The van der Waals surface area contributed by atoms with Crippen LogP contribution in [0.5, 0.6) is 11.5 Å². The van der Waals surface area contributed by atoms with Crippen molar-refractivity contribution in [2.45, 2.75) is 86.8 Å². The number of amides is 2. The Labute approximate surface area is 267 Å². The van der Waals surface area contributed by atoms with Crippen molar-refractivity contribution in [1.29, 1.82) is 0 Å². The number of nitrogens with one attached hydrogen (secondary N) is 2. The van der Waals surface area contributed by atoms with Crippen molar-refractivity contribution in [2.75, 3.05) is 26.2 Å². The lowest BCUT2D eigenvalue weighted by molar-refractivity contribution is -0.145. The Morgan fingerprint density at radius 3 is 1.98 bits per heavy atom. The summed E-state index contributed by atoms with van der Waals surface area (Å²) in [6.07, 6.45) is 0.672. The second-order valence-corrected chi connectivity index (χ2v) is 14.0. The fraction of sp³-hybridized carbons (Fsp3) is 0.543. The van der Waals surface area contributed by atoms with Crippen molar-refractivity contribution in [3.05, 3.63) is 59.7 Å². The van der Waals surface area contributed by atoms with Gasteiger partial charge in [-0.3, -0.25) is 19.2 Å². The molecule has 1 unspecified atom stereocenters. The minimum Gasteiger partial charge on any atom is -0.422 e. The van der Waals surface area contributed by atoms with Gasteiger partial charge in [0.1, 0.15) is 0 Å². The highest BCUT2D eigenvalue weighted by molar-refractivity contribution is 5.96. The third-order valence-electron chi connectivity index (χ3n) is 6.91. The molecule has 3 N–H and O–H groups in total. The number of hydrogen-bond donors (Lipinski definition) is 3. The number of aliphatic hydroxyl groups is 1. The second kappa shape index (κ2) is 16.0. The van der Waals surface area contributed by atoms with Crippen molar-refractivity contribution in [3.8, 4) is 11.5 Å². The first-order valence-electron chi connectivity index (χ1n) is 15.5. The summed E-state index contributed by atoms with van der Waals surface area (Å²) in [5.41, 5.74) is -1.22. The van der Waals surface area contributed by atoms with Crippen molar-refractivity contribution in [2.24, 2.45) is 10.8 Å². The highest BCUT2D eigenvalue weighted by Crippen LogP contribution is 2.34. The van der Waals surface area contributed by atoms with Crippen LogP contribution < -0.4 is 20.1 Å². The lowest BCUT2D eigenvalue weighted by Gasteiger charge is -2.29. The van der Waals surface area contributed by atoms with Crippen molar-refractivity contribution >= 4 is 23.8 Å². The number of β-amino-alcohol motifs (C(OH)–C–C–N with tert-alkyl or cyclic N) is 1. The zero-order valence-electron chi connectivity index (χ0n) is 28.3. The van der Waals surface area contributed by atoms with Crippen LogP contribution in [0.15, 0.2) is 48.5 Å². The third-order valence-corrected chi connectivity index (χ3v) is 6.91. The number of hydrogen-bond acceptors (Lipinski definition) is 8. The van der Waals surface area contributed by atoms with Gasteiger partial charge in [-0.25, -0.2) is 0 Å². The van der Waals surface area contributed by atoms with Gasteiger partial charge in [0, 0.05) is 30.7 Å². The number of carbonyl (C=O) groups excluding carboxylic acids is 4. The fourth-order valence-corrected chi connectivity index (χ4v) is 3.87. The van der Waals surface area contributed by atoms with Crippen LogP contribution in [-0.4, -0.2) is 65.5 Å². The zero-order valence-corrected chi connectivity index (χ0v) is 28.3. The lowest BCUT2D eigenvalue weighted by atomic mass is 9.97. The molecule has 0 bridgehead atoms. The predicted octanol–water partition coefficient (Wildman–Crippen LogP) is 5.05. The zero-order chi connectivity index (χ0) is 34.0. The number of esters is 2. The lowest BCUT2D eigenvalue weighted by Crippen LogP contribution is -2.52. The Bertz CT molecular complexity index is 1310.